The van der Waals surface area contributed by atoms with Gasteiger partial charge in [-0.05, 0) is 70.6 Å². The van der Waals surface area contributed by atoms with Crippen molar-refractivity contribution < 1.29 is 4.79 Å². The van der Waals surface area contributed by atoms with Crippen LogP contribution in [0.4, 0.5) is 0 Å². The fraction of sp³-hybridized carbons (Fsp3) is 0.333. The number of halogens is 2. The van der Waals surface area contributed by atoms with Crippen LogP contribution < -0.4 is 5.73 Å². The second-order valence-electron chi connectivity index (χ2n) is 4.12. The first-order chi connectivity index (χ1) is 8.32. The SMILES string of the molecule is CC(C)N(CC(N)=S)C(=O)c1cc(I)ccc1Br. The predicted octanol–water partition coefficient (Wildman–Crippen LogP) is 3.19. The van der Waals surface area contributed by atoms with E-state index < -0.39 is 0 Å². The summed E-state index contributed by atoms with van der Waals surface area (Å²) >= 11 is 10.5. The first-order valence-electron chi connectivity index (χ1n) is 5.37. The minimum Gasteiger partial charge on any atom is -0.392 e. The molecule has 1 aromatic carbocycles. The van der Waals surface area contributed by atoms with E-state index in [4.69, 9.17) is 18.0 Å². The van der Waals surface area contributed by atoms with Crippen molar-refractivity contribution in [2.24, 2.45) is 5.73 Å². The first-order valence-corrected chi connectivity index (χ1v) is 7.65. The number of hydrogen-bond donors (Lipinski definition) is 1. The summed E-state index contributed by atoms with van der Waals surface area (Å²) in [5.74, 6) is -0.0665. The van der Waals surface area contributed by atoms with Crippen LogP contribution in [0.1, 0.15) is 24.2 Å². The quantitative estimate of drug-likeness (QED) is 0.577. The Balaban J connectivity index is 3.09. The molecule has 0 aromatic heterocycles. The molecule has 0 saturated heterocycles. The number of benzene rings is 1. The Bertz CT molecular complexity index is 479. The van der Waals surface area contributed by atoms with Crippen LogP contribution in [0.15, 0.2) is 22.7 Å². The average Bonchev–Trinajstić information content (AvgIpc) is 2.27. The topological polar surface area (TPSA) is 46.3 Å². The van der Waals surface area contributed by atoms with Crippen LogP contribution in [-0.2, 0) is 0 Å². The van der Waals surface area contributed by atoms with Gasteiger partial charge in [0.2, 0.25) is 0 Å². The first kappa shape index (κ1) is 15.8. The summed E-state index contributed by atoms with van der Waals surface area (Å²) in [5.41, 5.74) is 6.17. The van der Waals surface area contributed by atoms with Gasteiger partial charge in [0.15, 0.2) is 0 Å². The number of carbonyl (C=O) groups is 1. The Morgan fingerprint density at radius 2 is 2.17 bits per heavy atom. The highest BCUT2D eigenvalue weighted by atomic mass is 127. The van der Waals surface area contributed by atoms with E-state index in [0.29, 0.717) is 17.1 Å². The maximum absolute atomic E-state index is 12.5. The van der Waals surface area contributed by atoms with Crippen LogP contribution >= 0.6 is 50.7 Å². The van der Waals surface area contributed by atoms with Crippen LogP contribution in [0.2, 0.25) is 0 Å². The molecule has 0 heterocycles. The highest BCUT2D eigenvalue weighted by Crippen LogP contribution is 2.21. The molecule has 1 aromatic rings. The minimum absolute atomic E-state index is 0.0452. The molecule has 2 N–H and O–H groups in total. The molecule has 1 rings (SSSR count). The predicted molar refractivity (Wildman–Crippen MR) is 89.8 cm³/mol. The Labute approximate surface area is 134 Å². The van der Waals surface area contributed by atoms with E-state index in [0.717, 1.165) is 8.04 Å². The van der Waals surface area contributed by atoms with Crippen molar-refractivity contribution in [3.8, 4) is 0 Å². The molecule has 98 valence electrons. The molecule has 0 aliphatic heterocycles. The third-order valence-corrected chi connectivity index (χ3v) is 3.86. The van der Waals surface area contributed by atoms with E-state index in [1.807, 2.05) is 32.0 Å². The monoisotopic (exact) mass is 440 g/mol. The number of hydrogen-bond acceptors (Lipinski definition) is 2. The lowest BCUT2D eigenvalue weighted by atomic mass is 10.1. The lowest BCUT2D eigenvalue weighted by molar-refractivity contribution is 0.0735. The zero-order chi connectivity index (χ0) is 13.9. The van der Waals surface area contributed by atoms with Crippen molar-refractivity contribution in [3.05, 3.63) is 31.8 Å². The third-order valence-electron chi connectivity index (χ3n) is 2.37. The highest BCUT2D eigenvalue weighted by Gasteiger charge is 2.21. The van der Waals surface area contributed by atoms with Gasteiger partial charge in [0.05, 0.1) is 17.1 Å². The van der Waals surface area contributed by atoms with Crippen LogP contribution in [0.3, 0.4) is 0 Å². The second-order valence-corrected chi connectivity index (χ2v) is 6.74. The highest BCUT2D eigenvalue weighted by molar-refractivity contribution is 14.1. The van der Waals surface area contributed by atoms with E-state index in [1.54, 1.807) is 4.90 Å². The standard InChI is InChI=1S/C12H14BrIN2OS/c1-7(2)16(6-11(15)18)12(17)9-5-8(14)3-4-10(9)13/h3-5,7H,6H2,1-2H3,(H2,15,18). The van der Waals surface area contributed by atoms with Crippen molar-refractivity contribution in [1.29, 1.82) is 0 Å². The largest absolute Gasteiger partial charge is 0.392 e. The molecule has 0 unspecified atom stereocenters. The van der Waals surface area contributed by atoms with Crippen molar-refractivity contribution in [1.82, 2.24) is 4.90 Å². The van der Waals surface area contributed by atoms with Gasteiger partial charge in [-0.1, -0.05) is 12.2 Å². The summed E-state index contributed by atoms with van der Waals surface area (Å²) in [6.45, 7) is 4.18. The zero-order valence-corrected chi connectivity index (χ0v) is 14.7. The average molecular weight is 441 g/mol. The third kappa shape index (κ3) is 4.17. The van der Waals surface area contributed by atoms with Gasteiger partial charge in [-0.25, -0.2) is 0 Å². The van der Waals surface area contributed by atoms with Crippen molar-refractivity contribution in [3.63, 3.8) is 0 Å². The van der Waals surface area contributed by atoms with Gasteiger partial charge in [0, 0.05) is 14.1 Å². The molecule has 0 radical (unpaired) electrons. The Morgan fingerprint density at radius 3 is 2.67 bits per heavy atom. The van der Waals surface area contributed by atoms with Crippen LogP contribution in [0.5, 0.6) is 0 Å². The fourth-order valence-corrected chi connectivity index (χ4v) is 2.52. The second kappa shape index (κ2) is 6.81. The summed E-state index contributed by atoms with van der Waals surface area (Å²) in [7, 11) is 0. The number of nitrogens with two attached hydrogens (primary N) is 1. The van der Waals surface area contributed by atoms with Crippen LogP contribution in [-0.4, -0.2) is 28.4 Å². The molecule has 3 nitrogen and oxygen atoms in total. The van der Waals surface area contributed by atoms with Gasteiger partial charge in [0.25, 0.3) is 5.91 Å². The van der Waals surface area contributed by atoms with E-state index >= 15 is 0 Å². The molecule has 18 heavy (non-hydrogen) atoms. The molecule has 1 amide bonds. The lowest BCUT2D eigenvalue weighted by Crippen LogP contribution is -2.42. The van der Waals surface area contributed by atoms with E-state index in [1.165, 1.54) is 0 Å². The van der Waals surface area contributed by atoms with Crippen LogP contribution in [0.25, 0.3) is 0 Å². The van der Waals surface area contributed by atoms with Crippen LogP contribution in [0, 0.1) is 3.57 Å². The Hall–Kier alpha value is -0.210. The van der Waals surface area contributed by atoms with Crippen molar-refractivity contribution in [2.45, 2.75) is 19.9 Å². The Morgan fingerprint density at radius 1 is 1.56 bits per heavy atom. The molecule has 0 aliphatic carbocycles. The maximum Gasteiger partial charge on any atom is 0.255 e. The fourth-order valence-electron chi connectivity index (χ4n) is 1.47. The molecule has 0 aliphatic rings. The van der Waals surface area contributed by atoms with Gasteiger partial charge in [-0.2, -0.15) is 0 Å². The van der Waals surface area contributed by atoms with E-state index in [9.17, 15) is 4.79 Å². The molecule has 0 atom stereocenters. The minimum atomic E-state index is -0.0665. The zero-order valence-electron chi connectivity index (χ0n) is 10.1. The molecule has 0 saturated carbocycles. The normalized spacial score (nSPS) is 10.5. The number of carbonyl (C=O) groups excluding carboxylic acids is 1. The number of thiocarbonyl (C=S) groups is 1. The van der Waals surface area contributed by atoms with E-state index in [-0.39, 0.29) is 11.9 Å². The Kier molecular flexibility index (Phi) is 6.00. The summed E-state index contributed by atoms with van der Waals surface area (Å²) in [6, 6.07) is 5.70. The lowest BCUT2D eigenvalue weighted by Gasteiger charge is -2.26. The maximum atomic E-state index is 12.5. The van der Waals surface area contributed by atoms with Crippen molar-refractivity contribution in [2.75, 3.05) is 6.54 Å². The summed E-state index contributed by atoms with van der Waals surface area (Å²) in [4.78, 5) is 14.5. The molecule has 6 heteroatoms. The summed E-state index contributed by atoms with van der Waals surface area (Å²) in [6.07, 6.45) is 0. The number of nitrogens with zero attached hydrogens (tertiary/aromatic N) is 1. The molecular formula is C12H14BrIN2OS. The van der Waals surface area contributed by atoms with Gasteiger partial charge < -0.3 is 10.6 Å². The molecule has 0 spiro atoms. The number of amides is 1. The molecular weight excluding hydrogens is 427 g/mol. The number of rotatable bonds is 4. The smallest absolute Gasteiger partial charge is 0.255 e. The van der Waals surface area contributed by atoms with Gasteiger partial charge in [-0.3, -0.25) is 4.79 Å². The van der Waals surface area contributed by atoms with Crippen molar-refractivity contribution >= 4 is 61.6 Å². The molecule has 0 fully saturated rings. The van der Waals surface area contributed by atoms with Gasteiger partial charge in [0.1, 0.15) is 0 Å². The van der Waals surface area contributed by atoms with Gasteiger partial charge in [-0.15, -0.1) is 0 Å². The summed E-state index contributed by atoms with van der Waals surface area (Å²) < 4.78 is 1.79. The van der Waals surface area contributed by atoms with Gasteiger partial charge >= 0.3 is 0 Å². The summed E-state index contributed by atoms with van der Waals surface area (Å²) in [5, 5.41) is 0. The van der Waals surface area contributed by atoms with E-state index in [2.05, 4.69) is 38.5 Å². The molecule has 0 bridgehead atoms.